The molecule has 0 aliphatic rings. The van der Waals surface area contributed by atoms with Crippen molar-refractivity contribution in [1.82, 2.24) is 10.9 Å². The van der Waals surface area contributed by atoms with Crippen molar-refractivity contribution in [2.45, 2.75) is 0 Å². The molecule has 0 saturated heterocycles. The Labute approximate surface area is 187 Å². The minimum absolute atomic E-state index is 0.260. The van der Waals surface area contributed by atoms with Crippen molar-refractivity contribution in [3.8, 4) is 22.6 Å². The van der Waals surface area contributed by atoms with E-state index in [9.17, 15) is 9.59 Å². The second-order valence-electron chi connectivity index (χ2n) is 6.11. The zero-order chi connectivity index (χ0) is 21.3. The predicted octanol–water partition coefficient (Wildman–Crippen LogP) is 4.37. The smallest absolute Gasteiger partial charge is 0.276 e. The summed E-state index contributed by atoms with van der Waals surface area (Å²) in [5, 5.41) is 0.367. The highest BCUT2D eigenvalue weighted by Crippen LogP contribution is 2.29. The monoisotopic (exact) mass is 488 g/mol. The third kappa shape index (κ3) is 6.23. The quantitative estimate of drug-likeness (QED) is 0.483. The predicted molar refractivity (Wildman–Crippen MR) is 118 cm³/mol. The maximum Gasteiger partial charge on any atom is 0.276 e. The highest BCUT2D eigenvalue weighted by atomic mass is 79.9. The summed E-state index contributed by atoms with van der Waals surface area (Å²) in [5.74, 6) is -0.111. The molecule has 2 amide bonds. The van der Waals surface area contributed by atoms with E-state index in [0.29, 0.717) is 16.5 Å². The van der Waals surface area contributed by atoms with Gasteiger partial charge in [0, 0.05) is 10.0 Å². The maximum atomic E-state index is 12.0. The van der Waals surface area contributed by atoms with Crippen LogP contribution < -0.4 is 20.3 Å². The summed E-state index contributed by atoms with van der Waals surface area (Å²) in [7, 11) is 0. The van der Waals surface area contributed by atoms with Crippen molar-refractivity contribution in [2.24, 2.45) is 0 Å². The summed E-state index contributed by atoms with van der Waals surface area (Å²) in [4.78, 5) is 23.9. The number of carbonyl (C=O) groups excluding carboxylic acids is 2. The number of ether oxygens (including phenoxy) is 2. The SMILES string of the molecule is O=C(COc1ccc(Br)cc1Cl)NNC(=O)COc1ccccc1-c1ccccc1. The number of carbonyl (C=O) groups is 2. The van der Waals surface area contributed by atoms with Gasteiger partial charge in [-0.2, -0.15) is 0 Å². The molecule has 3 rings (SSSR count). The fourth-order valence-electron chi connectivity index (χ4n) is 2.54. The number of benzene rings is 3. The molecule has 154 valence electrons. The Kier molecular flexibility index (Phi) is 7.70. The lowest BCUT2D eigenvalue weighted by Crippen LogP contribution is -2.45. The number of hydrazine groups is 1. The van der Waals surface area contributed by atoms with Crippen molar-refractivity contribution in [3.63, 3.8) is 0 Å². The van der Waals surface area contributed by atoms with E-state index in [-0.39, 0.29) is 13.2 Å². The number of nitrogens with one attached hydrogen (secondary N) is 2. The number of para-hydroxylation sites is 1. The van der Waals surface area contributed by atoms with Crippen molar-refractivity contribution in [2.75, 3.05) is 13.2 Å². The largest absolute Gasteiger partial charge is 0.483 e. The Hall–Kier alpha value is -3.03. The third-order valence-electron chi connectivity index (χ3n) is 3.92. The number of rotatable bonds is 7. The fourth-order valence-corrected chi connectivity index (χ4v) is 3.27. The van der Waals surface area contributed by atoms with Crippen LogP contribution >= 0.6 is 27.5 Å². The molecule has 2 N–H and O–H groups in total. The average molecular weight is 490 g/mol. The summed E-state index contributed by atoms with van der Waals surface area (Å²) in [6.07, 6.45) is 0. The van der Waals surface area contributed by atoms with Crippen molar-refractivity contribution < 1.29 is 19.1 Å². The van der Waals surface area contributed by atoms with Crippen LogP contribution in [0.4, 0.5) is 0 Å². The zero-order valence-electron chi connectivity index (χ0n) is 15.7. The van der Waals surface area contributed by atoms with Gasteiger partial charge in [0.2, 0.25) is 0 Å². The van der Waals surface area contributed by atoms with Gasteiger partial charge in [0.1, 0.15) is 11.5 Å². The Morgan fingerprint density at radius 2 is 1.40 bits per heavy atom. The molecule has 0 spiro atoms. The molecule has 0 saturated carbocycles. The molecule has 0 unspecified atom stereocenters. The van der Waals surface area contributed by atoms with Crippen molar-refractivity contribution in [1.29, 1.82) is 0 Å². The van der Waals surface area contributed by atoms with E-state index in [2.05, 4.69) is 26.8 Å². The first-order chi connectivity index (χ1) is 14.5. The van der Waals surface area contributed by atoms with Gasteiger partial charge in [0.25, 0.3) is 11.8 Å². The first-order valence-electron chi connectivity index (χ1n) is 8.95. The molecule has 0 heterocycles. The molecule has 6 nitrogen and oxygen atoms in total. The van der Waals surface area contributed by atoms with E-state index in [1.807, 2.05) is 48.5 Å². The van der Waals surface area contributed by atoms with Crippen molar-refractivity contribution >= 4 is 39.3 Å². The van der Waals surface area contributed by atoms with Crippen LogP contribution in [0.3, 0.4) is 0 Å². The molecule has 8 heteroatoms. The summed E-state index contributed by atoms with van der Waals surface area (Å²) < 4.78 is 11.8. The van der Waals surface area contributed by atoms with Crippen LogP contribution in [-0.2, 0) is 9.59 Å². The first kappa shape index (κ1) is 21.7. The number of halogens is 2. The van der Waals surface area contributed by atoms with Crippen LogP contribution in [0.1, 0.15) is 0 Å². The topological polar surface area (TPSA) is 76.7 Å². The molecular formula is C22H18BrClN2O4. The van der Waals surface area contributed by atoms with E-state index >= 15 is 0 Å². The normalized spacial score (nSPS) is 10.2. The number of hydrogen-bond donors (Lipinski definition) is 2. The van der Waals surface area contributed by atoms with E-state index in [0.717, 1.165) is 15.6 Å². The molecule has 0 aromatic heterocycles. The lowest BCUT2D eigenvalue weighted by Gasteiger charge is -2.12. The van der Waals surface area contributed by atoms with Gasteiger partial charge in [0.15, 0.2) is 13.2 Å². The van der Waals surface area contributed by atoms with Crippen LogP contribution in [0, 0.1) is 0 Å². The summed E-state index contributed by atoms with van der Waals surface area (Å²) in [6.45, 7) is -0.567. The minimum Gasteiger partial charge on any atom is -0.483 e. The van der Waals surface area contributed by atoms with Crippen molar-refractivity contribution in [3.05, 3.63) is 82.3 Å². The Morgan fingerprint density at radius 3 is 2.07 bits per heavy atom. The zero-order valence-corrected chi connectivity index (χ0v) is 18.1. The van der Waals surface area contributed by atoms with Gasteiger partial charge >= 0.3 is 0 Å². The Bertz CT molecular complexity index is 1030. The lowest BCUT2D eigenvalue weighted by molar-refractivity contribution is -0.130. The maximum absolute atomic E-state index is 12.0. The van der Waals surface area contributed by atoms with Gasteiger partial charge in [-0.25, -0.2) is 0 Å². The highest BCUT2D eigenvalue weighted by Gasteiger charge is 2.10. The van der Waals surface area contributed by atoms with E-state index in [4.69, 9.17) is 21.1 Å². The van der Waals surface area contributed by atoms with Crippen LogP contribution in [0.5, 0.6) is 11.5 Å². The third-order valence-corrected chi connectivity index (χ3v) is 4.71. The molecule has 3 aromatic carbocycles. The van der Waals surface area contributed by atoms with Gasteiger partial charge < -0.3 is 9.47 Å². The fraction of sp³-hybridized carbons (Fsp3) is 0.0909. The molecule has 0 radical (unpaired) electrons. The molecule has 0 atom stereocenters. The molecule has 0 bridgehead atoms. The lowest BCUT2D eigenvalue weighted by atomic mass is 10.1. The van der Waals surface area contributed by atoms with Gasteiger partial charge in [0.05, 0.1) is 5.02 Å². The second kappa shape index (κ2) is 10.7. The first-order valence-corrected chi connectivity index (χ1v) is 10.1. The molecule has 0 fully saturated rings. The van der Waals surface area contributed by atoms with Gasteiger partial charge in [-0.05, 0) is 29.8 Å². The van der Waals surface area contributed by atoms with Crippen LogP contribution in [-0.4, -0.2) is 25.0 Å². The van der Waals surface area contributed by atoms with Gasteiger partial charge in [-0.15, -0.1) is 0 Å². The summed E-state index contributed by atoms with van der Waals surface area (Å²) in [6, 6.07) is 22.1. The molecule has 0 aliphatic carbocycles. The molecule has 30 heavy (non-hydrogen) atoms. The molecule has 0 aliphatic heterocycles. The standard InChI is InChI=1S/C22H18BrClN2O4/c23-16-10-11-20(18(24)12-16)30-14-22(28)26-25-21(27)13-29-19-9-5-4-8-17(19)15-6-2-1-3-7-15/h1-12H,13-14H2,(H,25,27)(H,26,28). The van der Waals surface area contributed by atoms with Crippen LogP contribution in [0.15, 0.2) is 77.3 Å². The minimum atomic E-state index is -0.535. The number of hydrogen-bond acceptors (Lipinski definition) is 4. The Balaban J connectivity index is 1.46. The van der Waals surface area contributed by atoms with Gasteiger partial charge in [-0.3, -0.25) is 20.4 Å². The molecular weight excluding hydrogens is 472 g/mol. The van der Waals surface area contributed by atoms with E-state index in [1.165, 1.54) is 0 Å². The highest BCUT2D eigenvalue weighted by molar-refractivity contribution is 9.10. The average Bonchev–Trinajstić information content (AvgIpc) is 2.76. The number of amides is 2. The van der Waals surface area contributed by atoms with Crippen LogP contribution in [0.2, 0.25) is 5.02 Å². The van der Waals surface area contributed by atoms with E-state index in [1.54, 1.807) is 24.3 Å². The second-order valence-corrected chi connectivity index (χ2v) is 7.43. The molecule has 3 aromatic rings. The summed E-state index contributed by atoms with van der Waals surface area (Å²) >= 11 is 9.31. The summed E-state index contributed by atoms with van der Waals surface area (Å²) in [5.41, 5.74) is 6.41. The van der Waals surface area contributed by atoms with Crippen LogP contribution in [0.25, 0.3) is 11.1 Å². The van der Waals surface area contributed by atoms with Gasteiger partial charge in [-0.1, -0.05) is 76.1 Å². The Morgan fingerprint density at radius 1 is 0.800 bits per heavy atom. The van der Waals surface area contributed by atoms with E-state index < -0.39 is 11.8 Å².